The van der Waals surface area contributed by atoms with Gasteiger partial charge in [0.25, 0.3) is 0 Å². The summed E-state index contributed by atoms with van der Waals surface area (Å²) in [6.07, 6.45) is 0. The second-order valence-electron chi connectivity index (χ2n) is 1.86. The van der Waals surface area contributed by atoms with Crippen molar-refractivity contribution in [3.8, 4) is 0 Å². The summed E-state index contributed by atoms with van der Waals surface area (Å²) in [5.41, 5.74) is 0. The highest BCUT2D eigenvalue weighted by Crippen LogP contribution is 1.83. The molecule has 0 heterocycles. The van der Waals surface area contributed by atoms with Crippen molar-refractivity contribution in [2.75, 3.05) is 32.8 Å². The molecule has 0 saturated heterocycles. The van der Waals surface area contributed by atoms with Gasteiger partial charge in [0.05, 0.1) is 13.2 Å². The largest absolute Gasteiger partial charge is 0.395 e. The Bertz CT molecular complexity index is 53.0. The van der Waals surface area contributed by atoms with E-state index < -0.39 is 0 Å². The van der Waals surface area contributed by atoms with E-state index in [1.165, 1.54) is 0 Å². The minimum absolute atomic E-state index is 0.0756. The Balaban J connectivity index is 3.18. The quantitative estimate of drug-likeness (QED) is 0.559. The van der Waals surface area contributed by atoms with Gasteiger partial charge in [0.2, 0.25) is 0 Å². The van der Waals surface area contributed by atoms with Crippen LogP contribution in [0.4, 0.5) is 0 Å². The van der Waals surface area contributed by atoms with Crippen molar-refractivity contribution in [3.05, 3.63) is 0 Å². The van der Waals surface area contributed by atoms with Crippen LogP contribution in [0.15, 0.2) is 0 Å². The molecule has 55 valence electrons. The first-order valence-electron chi connectivity index (χ1n) is 3.26. The van der Waals surface area contributed by atoms with Crippen LogP contribution in [-0.4, -0.2) is 42.9 Å². The van der Waals surface area contributed by atoms with Crippen LogP contribution in [0.3, 0.4) is 0 Å². The van der Waals surface area contributed by atoms with E-state index in [-0.39, 0.29) is 13.2 Å². The number of rotatable bonds is 5. The van der Waals surface area contributed by atoms with Crippen LogP contribution >= 0.6 is 0 Å². The Kier molecular flexibility index (Phi) is 5.93. The highest BCUT2D eigenvalue weighted by Gasteiger charge is 1.97. The molecule has 3 nitrogen and oxygen atoms in total. The molecular weight excluding hydrogens is 118 g/mol. The van der Waals surface area contributed by atoms with E-state index in [4.69, 9.17) is 5.11 Å². The fraction of sp³-hybridized carbons (Fsp3) is 1.00. The molecule has 1 N–H and O–H groups in total. The Labute approximate surface area is 55.9 Å². The molecule has 0 aliphatic heterocycles. The van der Waals surface area contributed by atoms with Crippen LogP contribution in [-0.2, 0) is 5.11 Å². The fourth-order valence-corrected chi connectivity index (χ4v) is 0.699. The molecule has 0 fully saturated rings. The van der Waals surface area contributed by atoms with Crippen LogP contribution < -0.4 is 0 Å². The first kappa shape index (κ1) is 8.88. The van der Waals surface area contributed by atoms with Crippen molar-refractivity contribution in [1.29, 1.82) is 0 Å². The number of hydrogen-bond donors (Lipinski definition) is 1. The molecule has 0 aliphatic rings. The molecule has 3 heteroatoms. The summed E-state index contributed by atoms with van der Waals surface area (Å²) in [6.45, 7) is 4.08. The van der Waals surface area contributed by atoms with Gasteiger partial charge in [-0.1, -0.05) is 6.92 Å². The van der Waals surface area contributed by atoms with Crippen LogP contribution in [0.25, 0.3) is 0 Å². The number of likely N-dealkylation sites (N-methyl/N-ethyl adjacent to an activating group) is 1. The lowest BCUT2D eigenvalue weighted by Crippen LogP contribution is -2.29. The van der Waals surface area contributed by atoms with Crippen LogP contribution in [0.2, 0.25) is 0 Å². The monoisotopic (exact) mass is 132 g/mol. The molecule has 0 rings (SSSR count). The van der Waals surface area contributed by atoms with Gasteiger partial charge in [-0.15, -0.1) is 0 Å². The van der Waals surface area contributed by atoms with Gasteiger partial charge < -0.3 is 5.11 Å². The summed E-state index contributed by atoms with van der Waals surface area (Å²) in [7, 11) is 0. The van der Waals surface area contributed by atoms with Gasteiger partial charge in [0.1, 0.15) is 0 Å². The van der Waals surface area contributed by atoms with Crippen molar-refractivity contribution >= 4 is 0 Å². The van der Waals surface area contributed by atoms with Gasteiger partial charge in [-0.05, 0) is 6.54 Å². The number of nitrogens with zero attached hydrogens (tertiary/aromatic N) is 1. The molecule has 9 heavy (non-hydrogen) atoms. The Hall–Kier alpha value is -0.120. The maximum absolute atomic E-state index is 10.1. The third-order valence-electron chi connectivity index (χ3n) is 1.27. The van der Waals surface area contributed by atoms with Crippen molar-refractivity contribution in [3.63, 3.8) is 0 Å². The number of aliphatic hydroxyl groups is 1. The summed E-state index contributed by atoms with van der Waals surface area (Å²) in [5, 5.41) is 18.5. The van der Waals surface area contributed by atoms with E-state index in [1.54, 1.807) is 0 Å². The van der Waals surface area contributed by atoms with E-state index in [9.17, 15) is 5.11 Å². The third-order valence-corrected chi connectivity index (χ3v) is 1.27. The second kappa shape index (κ2) is 6.01. The molecule has 1 radical (unpaired) electrons. The van der Waals surface area contributed by atoms with E-state index in [2.05, 4.69) is 0 Å². The lowest BCUT2D eigenvalue weighted by atomic mass is 10.5. The first-order chi connectivity index (χ1) is 4.35. The van der Waals surface area contributed by atoms with Gasteiger partial charge in [-0.25, -0.2) is 5.11 Å². The van der Waals surface area contributed by atoms with Crippen molar-refractivity contribution in [2.24, 2.45) is 0 Å². The van der Waals surface area contributed by atoms with Gasteiger partial charge in [-0.2, -0.15) is 0 Å². The van der Waals surface area contributed by atoms with E-state index in [0.717, 1.165) is 6.54 Å². The van der Waals surface area contributed by atoms with Crippen LogP contribution in [0, 0.1) is 0 Å². The van der Waals surface area contributed by atoms with Crippen molar-refractivity contribution in [2.45, 2.75) is 6.92 Å². The van der Waals surface area contributed by atoms with Crippen LogP contribution in [0.1, 0.15) is 6.92 Å². The maximum atomic E-state index is 10.1. The fourth-order valence-electron chi connectivity index (χ4n) is 0.699. The average molecular weight is 132 g/mol. The highest BCUT2D eigenvalue weighted by atomic mass is 16.3. The predicted octanol–water partition coefficient (Wildman–Crippen LogP) is -0.269. The van der Waals surface area contributed by atoms with Gasteiger partial charge in [0.15, 0.2) is 0 Å². The zero-order valence-corrected chi connectivity index (χ0v) is 5.84. The summed E-state index contributed by atoms with van der Waals surface area (Å²) in [4.78, 5) is 1.92. The van der Waals surface area contributed by atoms with E-state index in [0.29, 0.717) is 13.1 Å². The van der Waals surface area contributed by atoms with Gasteiger partial charge in [-0.3, -0.25) is 4.90 Å². The topological polar surface area (TPSA) is 43.4 Å². The number of aliphatic hydroxyl groups excluding tert-OH is 1. The Morgan fingerprint density at radius 1 is 1.44 bits per heavy atom. The molecule has 0 unspecified atom stereocenters. The predicted molar refractivity (Wildman–Crippen MR) is 34.8 cm³/mol. The van der Waals surface area contributed by atoms with Gasteiger partial charge in [0, 0.05) is 13.1 Å². The minimum atomic E-state index is -0.0756. The summed E-state index contributed by atoms with van der Waals surface area (Å²) in [5.74, 6) is 0. The Morgan fingerprint density at radius 2 is 2.11 bits per heavy atom. The molecular formula is C6H14NO2. The lowest BCUT2D eigenvalue weighted by molar-refractivity contribution is 0.128. The molecule has 0 aliphatic carbocycles. The number of hydrogen-bond acceptors (Lipinski definition) is 2. The summed E-state index contributed by atoms with van der Waals surface area (Å²) in [6, 6.07) is 0. The molecule has 0 spiro atoms. The van der Waals surface area contributed by atoms with Crippen molar-refractivity contribution in [1.82, 2.24) is 4.90 Å². The first-order valence-corrected chi connectivity index (χ1v) is 3.26. The molecule has 0 aromatic rings. The zero-order chi connectivity index (χ0) is 7.11. The lowest BCUT2D eigenvalue weighted by Gasteiger charge is -2.16. The normalized spacial score (nSPS) is 10.7. The van der Waals surface area contributed by atoms with E-state index in [1.807, 2.05) is 11.8 Å². The molecule has 0 aromatic carbocycles. The standard InChI is InChI=1S/C6H14NO2/c1-2-7(3-5-8)4-6-9/h8H,2-6H2,1H3. The van der Waals surface area contributed by atoms with E-state index >= 15 is 0 Å². The molecule has 0 saturated carbocycles. The average Bonchev–Trinajstić information content (AvgIpc) is 1.88. The SMILES string of the molecule is CCN(CC[O])CCO. The molecule has 0 amide bonds. The van der Waals surface area contributed by atoms with Crippen molar-refractivity contribution < 1.29 is 10.2 Å². The van der Waals surface area contributed by atoms with Crippen LogP contribution in [0.5, 0.6) is 0 Å². The Morgan fingerprint density at radius 3 is 2.44 bits per heavy atom. The molecule has 0 atom stereocenters. The maximum Gasteiger partial charge on any atom is 0.0949 e. The molecule has 0 aromatic heterocycles. The summed E-state index contributed by atoms with van der Waals surface area (Å²) >= 11 is 0. The zero-order valence-electron chi connectivity index (χ0n) is 5.84. The second-order valence-corrected chi connectivity index (χ2v) is 1.86. The smallest absolute Gasteiger partial charge is 0.0949 e. The molecule has 0 bridgehead atoms. The highest BCUT2D eigenvalue weighted by molar-refractivity contribution is 4.51. The van der Waals surface area contributed by atoms with Gasteiger partial charge >= 0.3 is 0 Å². The third kappa shape index (κ3) is 4.39. The minimum Gasteiger partial charge on any atom is -0.395 e. The summed E-state index contributed by atoms with van der Waals surface area (Å²) < 4.78 is 0.